The molecule has 0 fully saturated rings. The van der Waals surface area contributed by atoms with Gasteiger partial charge in [-0.3, -0.25) is 0 Å². The number of benzene rings is 3. The highest BCUT2D eigenvalue weighted by atomic mass is 32.2. The Bertz CT molecular complexity index is 1430. The molecule has 4 aromatic rings. The van der Waals surface area contributed by atoms with Gasteiger partial charge in [0.1, 0.15) is 5.75 Å². The first kappa shape index (κ1) is 28.7. The van der Waals surface area contributed by atoms with Gasteiger partial charge in [-0.25, -0.2) is 8.42 Å². The number of sulfone groups is 1. The summed E-state index contributed by atoms with van der Waals surface area (Å²) in [5, 5.41) is 18.9. The smallest absolute Gasteiger partial charge is 0.233 e. The van der Waals surface area contributed by atoms with Crippen LogP contribution in [0.15, 0.2) is 89.8 Å². The molecule has 0 saturated heterocycles. The number of rotatable bonds is 16. The highest BCUT2D eigenvalue weighted by molar-refractivity contribution is 7.91. The minimum atomic E-state index is -3.29. The quantitative estimate of drug-likeness (QED) is 0.114. The summed E-state index contributed by atoms with van der Waals surface area (Å²) in [6, 6.07) is 24.5. The third-order valence-electron chi connectivity index (χ3n) is 5.49. The summed E-state index contributed by atoms with van der Waals surface area (Å²) in [5.41, 5.74) is 1.54. The van der Waals surface area contributed by atoms with Crippen molar-refractivity contribution < 1.29 is 23.0 Å². The Morgan fingerprint density at radius 2 is 1.20 bits per heavy atom. The average Bonchev–Trinajstić information content (AvgIpc) is 2.96. The first-order chi connectivity index (χ1) is 19.5. The molecule has 4 N–H and O–H groups in total. The summed E-state index contributed by atoms with van der Waals surface area (Å²) in [7, 11) is -3.29. The van der Waals surface area contributed by atoms with E-state index in [0.717, 1.165) is 5.69 Å². The zero-order valence-corrected chi connectivity index (χ0v) is 22.7. The lowest BCUT2D eigenvalue weighted by molar-refractivity contribution is 0.0520. The summed E-state index contributed by atoms with van der Waals surface area (Å²) in [6.45, 7) is 1.91. The van der Waals surface area contributed by atoms with Gasteiger partial charge >= 0.3 is 0 Å². The van der Waals surface area contributed by atoms with Crippen LogP contribution in [0.2, 0.25) is 0 Å². The molecule has 0 radical (unpaired) electrons. The Morgan fingerprint density at radius 1 is 0.650 bits per heavy atom. The van der Waals surface area contributed by atoms with E-state index in [2.05, 4.69) is 30.9 Å². The molecule has 1 heterocycles. The fourth-order valence-corrected chi connectivity index (χ4v) is 4.85. The highest BCUT2D eigenvalue weighted by Crippen LogP contribution is 2.20. The molecule has 0 bridgehead atoms. The summed E-state index contributed by atoms with van der Waals surface area (Å²) >= 11 is 0. The molecule has 0 unspecified atom stereocenters. The molecule has 0 atom stereocenters. The average molecular weight is 565 g/mol. The monoisotopic (exact) mass is 564 g/mol. The third kappa shape index (κ3) is 9.49. The van der Waals surface area contributed by atoms with E-state index in [0.29, 0.717) is 67.8 Å². The Hall–Kier alpha value is -4.26. The summed E-state index contributed by atoms with van der Waals surface area (Å²) in [4.78, 5) is 13.6. The Balaban J connectivity index is 1.19. The number of nitrogens with one attached hydrogen (secondary N) is 3. The van der Waals surface area contributed by atoms with Crippen LogP contribution in [0.25, 0.3) is 0 Å². The number of aromatic hydroxyl groups is 1. The van der Waals surface area contributed by atoms with E-state index in [4.69, 9.17) is 9.47 Å². The number of phenolic OH excluding ortho intramolecular Hbond substituents is 1. The lowest BCUT2D eigenvalue weighted by Crippen LogP contribution is -2.16. The Kier molecular flexibility index (Phi) is 10.6. The van der Waals surface area contributed by atoms with Gasteiger partial charge in [-0.15, -0.1) is 0 Å². The minimum Gasteiger partial charge on any atom is -0.508 e. The number of nitrogens with zero attached hydrogens (tertiary/aromatic N) is 3. The van der Waals surface area contributed by atoms with Crippen molar-refractivity contribution in [2.24, 2.45) is 0 Å². The van der Waals surface area contributed by atoms with Gasteiger partial charge in [-0.2, -0.15) is 15.0 Å². The molecular weight excluding hydrogens is 532 g/mol. The van der Waals surface area contributed by atoms with Crippen LogP contribution >= 0.6 is 0 Å². The van der Waals surface area contributed by atoms with Crippen LogP contribution in [-0.2, 0) is 19.3 Å². The lowest BCUT2D eigenvalue weighted by atomic mass is 10.3. The zero-order chi connectivity index (χ0) is 28.0. The minimum absolute atomic E-state index is 0.0401. The first-order valence-electron chi connectivity index (χ1n) is 12.8. The summed E-state index contributed by atoms with van der Waals surface area (Å²) in [5.74, 6) is 1.24. The molecule has 0 aliphatic rings. The maximum Gasteiger partial charge on any atom is 0.233 e. The van der Waals surface area contributed by atoms with E-state index < -0.39 is 9.84 Å². The number of hydrogen-bond acceptors (Lipinski definition) is 11. The van der Waals surface area contributed by atoms with Crippen LogP contribution in [0.5, 0.6) is 5.75 Å². The molecule has 0 aliphatic heterocycles. The van der Waals surface area contributed by atoms with Gasteiger partial charge in [0.15, 0.2) is 9.84 Å². The molecule has 40 heavy (non-hydrogen) atoms. The molecular formula is C28H32N6O5S. The van der Waals surface area contributed by atoms with Crippen LogP contribution in [-0.4, -0.2) is 67.2 Å². The summed E-state index contributed by atoms with van der Waals surface area (Å²) < 4.78 is 35.7. The molecule has 0 saturated carbocycles. The van der Waals surface area contributed by atoms with E-state index in [1.54, 1.807) is 54.6 Å². The SMILES string of the molecule is O=S(=O)(CCCOCCOCCNc1nc(Nc2ccccc2)nc(Nc2ccc(O)cc2)n1)c1ccccc1. The molecule has 3 aromatic carbocycles. The molecule has 11 nitrogen and oxygen atoms in total. The maximum absolute atomic E-state index is 12.3. The number of ether oxygens (including phenoxy) is 2. The molecule has 0 aliphatic carbocycles. The van der Waals surface area contributed by atoms with Crippen molar-refractivity contribution in [3.63, 3.8) is 0 Å². The van der Waals surface area contributed by atoms with Crippen LogP contribution in [0, 0.1) is 0 Å². The first-order valence-corrected chi connectivity index (χ1v) is 14.4. The predicted molar refractivity (Wildman–Crippen MR) is 154 cm³/mol. The van der Waals surface area contributed by atoms with E-state index in [1.165, 1.54) is 0 Å². The van der Waals surface area contributed by atoms with Gasteiger partial charge in [0.05, 0.1) is 30.5 Å². The van der Waals surface area contributed by atoms with Crippen molar-refractivity contribution in [1.29, 1.82) is 0 Å². The molecule has 4 rings (SSSR count). The normalized spacial score (nSPS) is 11.2. The van der Waals surface area contributed by atoms with E-state index in [-0.39, 0.29) is 11.5 Å². The fraction of sp³-hybridized carbons (Fsp3) is 0.250. The van der Waals surface area contributed by atoms with Crippen molar-refractivity contribution in [3.8, 4) is 5.75 Å². The van der Waals surface area contributed by atoms with E-state index in [9.17, 15) is 13.5 Å². The number of hydrogen-bond donors (Lipinski definition) is 4. The van der Waals surface area contributed by atoms with Crippen molar-refractivity contribution in [1.82, 2.24) is 15.0 Å². The number of para-hydroxylation sites is 1. The standard InChI is InChI=1S/C28H32N6O5S/c35-24-14-12-23(13-15-24)31-28-33-26(32-27(34-28)30-22-8-3-1-4-9-22)29-16-18-39-20-19-38-17-7-21-40(36,37)25-10-5-2-6-11-25/h1-6,8-15,35H,7,16-21H2,(H3,29,30,31,32,33,34). The molecule has 12 heteroatoms. The maximum atomic E-state index is 12.3. The molecule has 0 spiro atoms. The largest absolute Gasteiger partial charge is 0.508 e. The number of phenols is 1. The topological polar surface area (TPSA) is 148 Å². The van der Waals surface area contributed by atoms with Crippen molar-refractivity contribution in [2.45, 2.75) is 11.3 Å². The second kappa shape index (κ2) is 14.8. The van der Waals surface area contributed by atoms with Gasteiger partial charge in [0.25, 0.3) is 0 Å². The zero-order valence-electron chi connectivity index (χ0n) is 21.9. The second-order valence-corrected chi connectivity index (χ2v) is 10.7. The highest BCUT2D eigenvalue weighted by Gasteiger charge is 2.13. The van der Waals surface area contributed by atoms with Crippen LogP contribution < -0.4 is 16.0 Å². The van der Waals surface area contributed by atoms with Gasteiger partial charge < -0.3 is 30.5 Å². The van der Waals surface area contributed by atoms with Crippen LogP contribution in [0.4, 0.5) is 29.2 Å². The Labute approximate surface area is 233 Å². The molecule has 1 aromatic heterocycles. The molecule has 0 amide bonds. The summed E-state index contributed by atoms with van der Waals surface area (Å²) in [6.07, 6.45) is 0.415. The fourth-order valence-electron chi connectivity index (χ4n) is 3.54. The number of anilines is 5. The van der Waals surface area contributed by atoms with Gasteiger partial charge in [0, 0.05) is 24.5 Å². The molecule has 210 valence electrons. The van der Waals surface area contributed by atoms with Gasteiger partial charge in [-0.05, 0) is 55.0 Å². The second-order valence-electron chi connectivity index (χ2n) is 8.61. The van der Waals surface area contributed by atoms with Crippen molar-refractivity contribution in [2.75, 3.05) is 54.7 Å². The van der Waals surface area contributed by atoms with Crippen molar-refractivity contribution >= 4 is 39.1 Å². The van der Waals surface area contributed by atoms with Gasteiger partial charge in [0.2, 0.25) is 17.8 Å². The Morgan fingerprint density at radius 3 is 1.85 bits per heavy atom. The van der Waals surface area contributed by atoms with Crippen LogP contribution in [0.1, 0.15) is 6.42 Å². The lowest BCUT2D eigenvalue weighted by Gasteiger charge is -2.12. The van der Waals surface area contributed by atoms with E-state index >= 15 is 0 Å². The van der Waals surface area contributed by atoms with E-state index in [1.807, 2.05) is 30.3 Å². The number of aromatic nitrogens is 3. The van der Waals surface area contributed by atoms with Crippen LogP contribution in [0.3, 0.4) is 0 Å². The van der Waals surface area contributed by atoms with Crippen molar-refractivity contribution in [3.05, 3.63) is 84.9 Å². The van der Waals surface area contributed by atoms with Gasteiger partial charge in [-0.1, -0.05) is 36.4 Å². The third-order valence-corrected chi connectivity index (χ3v) is 7.31. The predicted octanol–water partition coefficient (Wildman–Crippen LogP) is 4.37.